The molecule has 0 radical (unpaired) electrons. The summed E-state index contributed by atoms with van der Waals surface area (Å²) in [5, 5.41) is 14.2. The standard InChI is InChI=1S/C15H19N5O/c1-2-13(11-6-4-3-5-7-11)17-15(21)14-10-20(19-18-14)12-8-16-9-12/h3-7,10,12-13,16H,2,8-9H2,1H3,(H,17,21). The Hall–Kier alpha value is -2.21. The first-order valence-corrected chi connectivity index (χ1v) is 7.26. The summed E-state index contributed by atoms with van der Waals surface area (Å²) in [6.45, 7) is 3.81. The summed E-state index contributed by atoms with van der Waals surface area (Å²) in [6, 6.07) is 10.3. The highest BCUT2D eigenvalue weighted by atomic mass is 16.2. The maximum atomic E-state index is 12.3. The topological polar surface area (TPSA) is 71.8 Å². The number of nitrogens with zero attached hydrogens (tertiary/aromatic N) is 3. The fraction of sp³-hybridized carbons (Fsp3) is 0.400. The molecular formula is C15H19N5O. The van der Waals surface area contributed by atoms with Crippen molar-refractivity contribution in [2.45, 2.75) is 25.4 Å². The van der Waals surface area contributed by atoms with Gasteiger partial charge in [-0.3, -0.25) is 4.79 Å². The van der Waals surface area contributed by atoms with Crippen LogP contribution in [-0.2, 0) is 0 Å². The first kappa shape index (κ1) is 13.8. The van der Waals surface area contributed by atoms with Crippen molar-refractivity contribution in [1.82, 2.24) is 25.6 Å². The lowest BCUT2D eigenvalue weighted by atomic mass is 10.0. The van der Waals surface area contributed by atoms with Gasteiger partial charge in [-0.25, -0.2) is 4.68 Å². The van der Waals surface area contributed by atoms with Gasteiger partial charge in [0.15, 0.2) is 5.69 Å². The number of hydrogen-bond donors (Lipinski definition) is 2. The number of hydrogen-bond acceptors (Lipinski definition) is 4. The first-order valence-electron chi connectivity index (χ1n) is 7.26. The molecule has 1 unspecified atom stereocenters. The molecule has 0 bridgehead atoms. The molecule has 6 nitrogen and oxygen atoms in total. The van der Waals surface area contributed by atoms with Crippen LogP contribution in [0.2, 0.25) is 0 Å². The van der Waals surface area contributed by atoms with Gasteiger partial charge in [0, 0.05) is 13.1 Å². The van der Waals surface area contributed by atoms with Crippen LogP contribution in [0.25, 0.3) is 0 Å². The van der Waals surface area contributed by atoms with Crippen LogP contribution in [0.1, 0.15) is 41.5 Å². The third kappa shape index (κ3) is 2.95. The number of carbonyl (C=O) groups excluding carboxylic acids is 1. The van der Waals surface area contributed by atoms with E-state index in [-0.39, 0.29) is 11.9 Å². The lowest BCUT2D eigenvalue weighted by Gasteiger charge is -2.26. The van der Waals surface area contributed by atoms with Crippen molar-refractivity contribution in [3.63, 3.8) is 0 Å². The normalized spacial score (nSPS) is 16.2. The molecule has 1 amide bonds. The van der Waals surface area contributed by atoms with E-state index in [1.807, 2.05) is 30.3 Å². The lowest BCUT2D eigenvalue weighted by molar-refractivity contribution is 0.0930. The minimum Gasteiger partial charge on any atom is -0.344 e. The Kier molecular flexibility index (Phi) is 3.96. The van der Waals surface area contributed by atoms with E-state index in [9.17, 15) is 4.79 Å². The van der Waals surface area contributed by atoms with E-state index in [2.05, 4.69) is 27.9 Å². The van der Waals surface area contributed by atoms with Gasteiger partial charge in [-0.2, -0.15) is 0 Å². The molecule has 1 fully saturated rings. The summed E-state index contributed by atoms with van der Waals surface area (Å²) in [5.74, 6) is -0.177. The minimum absolute atomic E-state index is 0.00535. The highest BCUT2D eigenvalue weighted by Crippen LogP contribution is 2.17. The van der Waals surface area contributed by atoms with E-state index < -0.39 is 0 Å². The summed E-state index contributed by atoms with van der Waals surface area (Å²) in [7, 11) is 0. The van der Waals surface area contributed by atoms with Crippen LogP contribution in [0.3, 0.4) is 0 Å². The molecule has 0 aliphatic carbocycles. The predicted molar refractivity (Wildman–Crippen MR) is 78.9 cm³/mol. The zero-order chi connectivity index (χ0) is 14.7. The van der Waals surface area contributed by atoms with Gasteiger partial charge in [-0.05, 0) is 12.0 Å². The van der Waals surface area contributed by atoms with Crippen molar-refractivity contribution < 1.29 is 4.79 Å². The van der Waals surface area contributed by atoms with Crippen molar-refractivity contribution in [3.05, 3.63) is 47.8 Å². The van der Waals surface area contributed by atoms with Crippen LogP contribution in [0.15, 0.2) is 36.5 Å². The fourth-order valence-corrected chi connectivity index (χ4v) is 2.36. The third-order valence-electron chi connectivity index (χ3n) is 3.79. The molecular weight excluding hydrogens is 266 g/mol. The average Bonchev–Trinajstić information content (AvgIpc) is 2.93. The largest absolute Gasteiger partial charge is 0.344 e. The first-order chi connectivity index (χ1) is 10.3. The quantitative estimate of drug-likeness (QED) is 0.868. The molecule has 1 atom stereocenters. The Labute approximate surface area is 123 Å². The molecule has 1 aliphatic rings. The molecule has 1 saturated heterocycles. The van der Waals surface area contributed by atoms with Gasteiger partial charge in [0.05, 0.1) is 18.3 Å². The zero-order valence-electron chi connectivity index (χ0n) is 12.0. The second-order valence-electron chi connectivity index (χ2n) is 5.24. The number of aromatic nitrogens is 3. The van der Waals surface area contributed by atoms with Crippen LogP contribution in [-0.4, -0.2) is 34.0 Å². The average molecular weight is 285 g/mol. The number of benzene rings is 1. The molecule has 2 N–H and O–H groups in total. The van der Waals surface area contributed by atoms with E-state index in [1.54, 1.807) is 10.9 Å². The van der Waals surface area contributed by atoms with E-state index in [1.165, 1.54) is 0 Å². The maximum absolute atomic E-state index is 12.3. The van der Waals surface area contributed by atoms with Gasteiger partial charge < -0.3 is 10.6 Å². The minimum atomic E-state index is -0.177. The molecule has 0 saturated carbocycles. The summed E-state index contributed by atoms with van der Waals surface area (Å²) < 4.78 is 1.76. The Morgan fingerprint density at radius 1 is 1.43 bits per heavy atom. The number of amides is 1. The second-order valence-corrected chi connectivity index (χ2v) is 5.24. The molecule has 0 spiro atoms. The molecule has 6 heteroatoms. The van der Waals surface area contributed by atoms with Gasteiger partial charge in [-0.15, -0.1) is 5.10 Å². The molecule has 110 valence electrons. The Morgan fingerprint density at radius 2 is 2.19 bits per heavy atom. The van der Waals surface area contributed by atoms with Gasteiger partial charge in [0.1, 0.15) is 0 Å². The summed E-state index contributed by atoms with van der Waals surface area (Å²) >= 11 is 0. The Morgan fingerprint density at radius 3 is 2.81 bits per heavy atom. The van der Waals surface area contributed by atoms with Crippen molar-refractivity contribution in [2.24, 2.45) is 0 Å². The number of nitrogens with one attached hydrogen (secondary N) is 2. The van der Waals surface area contributed by atoms with Crippen LogP contribution < -0.4 is 10.6 Å². The highest BCUT2D eigenvalue weighted by Gasteiger charge is 2.22. The summed E-state index contributed by atoms with van der Waals surface area (Å²) in [6.07, 6.45) is 2.55. The van der Waals surface area contributed by atoms with E-state index in [0.29, 0.717) is 11.7 Å². The van der Waals surface area contributed by atoms with E-state index >= 15 is 0 Å². The highest BCUT2D eigenvalue weighted by molar-refractivity contribution is 5.92. The lowest BCUT2D eigenvalue weighted by Crippen LogP contribution is -2.43. The molecule has 1 aromatic carbocycles. The van der Waals surface area contributed by atoms with Crippen LogP contribution in [0, 0.1) is 0 Å². The molecule has 2 aromatic rings. The third-order valence-corrected chi connectivity index (χ3v) is 3.79. The van der Waals surface area contributed by atoms with Crippen LogP contribution in [0.5, 0.6) is 0 Å². The molecule has 21 heavy (non-hydrogen) atoms. The SMILES string of the molecule is CCC(NC(=O)c1cn(C2CNC2)nn1)c1ccccc1. The number of rotatable bonds is 5. The summed E-state index contributed by atoms with van der Waals surface area (Å²) in [5.41, 5.74) is 1.47. The number of carbonyl (C=O) groups is 1. The molecule has 2 heterocycles. The molecule has 1 aliphatic heterocycles. The van der Waals surface area contributed by atoms with Gasteiger partial charge >= 0.3 is 0 Å². The van der Waals surface area contributed by atoms with Gasteiger partial charge in [0.25, 0.3) is 5.91 Å². The molecule has 1 aromatic heterocycles. The van der Waals surface area contributed by atoms with E-state index in [4.69, 9.17) is 0 Å². The fourth-order valence-electron chi connectivity index (χ4n) is 2.36. The predicted octanol–water partition coefficient (Wildman–Crippen LogP) is 1.30. The smallest absolute Gasteiger partial charge is 0.273 e. The van der Waals surface area contributed by atoms with Crippen molar-refractivity contribution in [3.8, 4) is 0 Å². The maximum Gasteiger partial charge on any atom is 0.273 e. The van der Waals surface area contributed by atoms with Crippen LogP contribution >= 0.6 is 0 Å². The van der Waals surface area contributed by atoms with E-state index in [0.717, 1.165) is 25.1 Å². The monoisotopic (exact) mass is 285 g/mol. The van der Waals surface area contributed by atoms with Gasteiger partial charge in [0.2, 0.25) is 0 Å². The van der Waals surface area contributed by atoms with Crippen molar-refractivity contribution in [2.75, 3.05) is 13.1 Å². The Bertz CT molecular complexity index is 606. The zero-order valence-corrected chi connectivity index (χ0v) is 12.0. The van der Waals surface area contributed by atoms with Crippen molar-refractivity contribution in [1.29, 1.82) is 0 Å². The Balaban J connectivity index is 1.68. The second kappa shape index (κ2) is 6.05. The summed E-state index contributed by atoms with van der Waals surface area (Å²) in [4.78, 5) is 12.3. The van der Waals surface area contributed by atoms with Crippen LogP contribution in [0.4, 0.5) is 0 Å². The van der Waals surface area contributed by atoms with Crippen molar-refractivity contribution >= 4 is 5.91 Å². The molecule has 3 rings (SSSR count). The van der Waals surface area contributed by atoms with Gasteiger partial charge in [-0.1, -0.05) is 42.5 Å².